The lowest BCUT2D eigenvalue weighted by Gasteiger charge is -2.24. The molecule has 0 heterocycles. The molecule has 13 heavy (non-hydrogen) atoms. The summed E-state index contributed by atoms with van der Waals surface area (Å²) in [5.74, 6) is -0.0156. The highest BCUT2D eigenvalue weighted by Crippen LogP contribution is 2.19. The Labute approximate surface area is 87.9 Å². The van der Waals surface area contributed by atoms with Crippen molar-refractivity contribution in [1.82, 2.24) is 5.32 Å². The average molecular weight is 249 g/mol. The van der Waals surface area contributed by atoms with Crippen LogP contribution in [0.25, 0.3) is 0 Å². The average Bonchev–Trinajstić information content (AvgIpc) is 2.12. The van der Waals surface area contributed by atoms with Crippen LogP contribution < -0.4 is 11.1 Å². The van der Waals surface area contributed by atoms with Gasteiger partial charge in [0, 0.05) is 17.6 Å². The van der Waals surface area contributed by atoms with E-state index in [0.717, 1.165) is 10.9 Å². The smallest absolute Gasteiger partial charge is 0.227 e. The Morgan fingerprint density at radius 3 is 2.54 bits per heavy atom. The molecular formula is C9H17BrN2O. The van der Waals surface area contributed by atoms with Crippen molar-refractivity contribution in [3.05, 3.63) is 11.1 Å². The van der Waals surface area contributed by atoms with Gasteiger partial charge in [-0.2, -0.15) is 0 Å². The topological polar surface area (TPSA) is 55.1 Å². The van der Waals surface area contributed by atoms with E-state index >= 15 is 0 Å². The molecular weight excluding hydrogens is 232 g/mol. The molecule has 0 aromatic rings. The number of hydrogen-bond donors (Lipinski definition) is 2. The summed E-state index contributed by atoms with van der Waals surface area (Å²) in [6, 6.07) is 0. The van der Waals surface area contributed by atoms with Gasteiger partial charge in [0.1, 0.15) is 0 Å². The highest BCUT2D eigenvalue weighted by Gasteiger charge is 2.28. The summed E-state index contributed by atoms with van der Waals surface area (Å²) in [5.41, 5.74) is 5.07. The van der Waals surface area contributed by atoms with Crippen molar-refractivity contribution in [3.63, 3.8) is 0 Å². The number of hydrogen-bond acceptors (Lipinski definition) is 2. The number of nitrogens with one attached hydrogen (secondary N) is 1. The van der Waals surface area contributed by atoms with Gasteiger partial charge in [0.05, 0.1) is 5.41 Å². The molecule has 0 saturated heterocycles. The molecule has 1 atom stereocenters. The van der Waals surface area contributed by atoms with Gasteiger partial charge in [0.2, 0.25) is 5.91 Å². The van der Waals surface area contributed by atoms with E-state index < -0.39 is 5.41 Å². The lowest BCUT2D eigenvalue weighted by Crippen LogP contribution is -2.43. The highest BCUT2D eigenvalue weighted by atomic mass is 79.9. The third kappa shape index (κ3) is 3.91. The van der Waals surface area contributed by atoms with E-state index in [4.69, 9.17) is 5.73 Å². The van der Waals surface area contributed by atoms with Crippen LogP contribution in [0.2, 0.25) is 0 Å². The SMILES string of the molecule is C=C(Br)CNC(=O)C(C)(CC)CN. The molecule has 0 aliphatic carbocycles. The third-order valence-electron chi connectivity index (χ3n) is 2.22. The van der Waals surface area contributed by atoms with Crippen LogP contribution in [0, 0.1) is 5.41 Å². The van der Waals surface area contributed by atoms with Crippen LogP contribution in [0.4, 0.5) is 0 Å². The Balaban J connectivity index is 4.15. The lowest BCUT2D eigenvalue weighted by molar-refractivity contribution is -0.129. The maximum absolute atomic E-state index is 11.6. The van der Waals surface area contributed by atoms with Gasteiger partial charge in [-0.05, 0) is 13.3 Å². The number of halogens is 1. The minimum absolute atomic E-state index is 0.0156. The molecule has 0 rings (SSSR count). The summed E-state index contributed by atoms with van der Waals surface area (Å²) in [7, 11) is 0. The standard InChI is InChI=1S/C9H17BrN2O/c1-4-9(3,6-11)8(13)12-5-7(2)10/h2,4-6,11H2,1,3H3,(H,12,13). The molecule has 0 bridgehead atoms. The van der Waals surface area contributed by atoms with Gasteiger partial charge in [-0.15, -0.1) is 0 Å². The summed E-state index contributed by atoms with van der Waals surface area (Å²) >= 11 is 3.17. The molecule has 3 nitrogen and oxygen atoms in total. The van der Waals surface area contributed by atoms with Gasteiger partial charge in [-0.3, -0.25) is 4.79 Å². The van der Waals surface area contributed by atoms with Gasteiger partial charge in [-0.25, -0.2) is 0 Å². The summed E-state index contributed by atoms with van der Waals surface area (Å²) in [5, 5.41) is 2.76. The van der Waals surface area contributed by atoms with E-state index in [1.165, 1.54) is 0 Å². The largest absolute Gasteiger partial charge is 0.351 e. The molecule has 1 amide bonds. The zero-order valence-corrected chi connectivity index (χ0v) is 9.78. The zero-order valence-electron chi connectivity index (χ0n) is 8.19. The number of nitrogens with two attached hydrogens (primary N) is 1. The predicted octanol–water partition coefficient (Wildman–Crippen LogP) is 1.39. The molecule has 0 radical (unpaired) electrons. The van der Waals surface area contributed by atoms with Gasteiger partial charge in [-0.1, -0.05) is 29.4 Å². The Morgan fingerprint density at radius 1 is 1.69 bits per heavy atom. The molecule has 0 aromatic heterocycles. The first-order valence-corrected chi connectivity index (χ1v) is 5.07. The molecule has 0 aliphatic rings. The number of carbonyl (C=O) groups is 1. The normalized spacial score (nSPS) is 14.8. The lowest BCUT2D eigenvalue weighted by atomic mass is 9.87. The van der Waals surface area contributed by atoms with E-state index in [2.05, 4.69) is 27.8 Å². The Bertz CT molecular complexity index is 200. The number of carbonyl (C=O) groups excluding carboxylic acids is 1. The molecule has 0 saturated carbocycles. The fourth-order valence-corrected chi connectivity index (χ4v) is 0.927. The van der Waals surface area contributed by atoms with Crippen LogP contribution in [0.1, 0.15) is 20.3 Å². The minimum Gasteiger partial charge on any atom is -0.351 e. The first kappa shape index (κ1) is 12.7. The predicted molar refractivity (Wildman–Crippen MR) is 58.5 cm³/mol. The van der Waals surface area contributed by atoms with Crippen molar-refractivity contribution >= 4 is 21.8 Å². The molecule has 0 spiro atoms. The molecule has 0 fully saturated rings. The summed E-state index contributed by atoms with van der Waals surface area (Å²) in [4.78, 5) is 11.6. The maximum atomic E-state index is 11.6. The first-order valence-electron chi connectivity index (χ1n) is 4.28. The molecule has 1 unspecified atom stereocenters. The van der Waals surface area contributed by atoms with Crippen molar-refractivity contribution in [2.75, 3.05) is 13.1 Å². The van der Waals surface area contributed by atoms with Crippen molar-refractivity contribution in [3.8, 4) is 0 Å². The van der Waals surface area contributed by atoms with Gasteiger partial charge < -0.3 is 11.1 Å². The summed E-state index contributed by atoms with van der Waals surface area (Å²) in [6.07, 6.45) is 0.740. The maximum Gasteiger partial charge on any atom is 0.227 e. The van der Waals surface area contributed by atoms with Crippen LogP contribution in [-0.2, 0) is 4.79 Å². The van der Waals surface area contributed by atoms with Crippen molar-refractivity contribution in [1.29, 1.82) is 0 Å². The number of amides is 1. The van der Waals surface area contributed by atoms with Crippen LogP contribution in [-0.4, -0.2) is 19.0 Å². The first-order chi connectivity index (χ1) is 5.96. The zero-order chi connectivity index (χ0) is 10.5. The third-order valence-corrected chi connectivity index (χ3v) is 2.50. The molecule has 0 aliphatic heterocycles. The minimum atomic E-state index is -0.456. The molecule has 3 N–H and O–H groups in total. The van der Waals surface area contributed by atoms with Crippen molar-refractivity contribution in [2.24, 2.45) is 11.1 Å². The molecule has 4 heteroatoms. The van der Waals surface area contributed by atoms with Gasteiger partial charge >= 0.3 is 0 Å². The summed E-state index contributed by atoms with van der Waals surface area (Å²) in [6.45, 7) is 8.26. The monoisotopic (exact) mass is 248 g/mol. The van der Waals surface area contributed by atoms with E-state index in [1.54, 1.807) is 0 Å². The van der Waals surface area contributed by atoms with Crippen LogP contribution in [0.15, 0.2) is 11.1 Å². The fourth-order valence-electron chi connectivity index (χ4n) is 0.787. The second-order valence-corrected chi connectivity index (χ2v) is 4.44. The van der Waals surface area contributed by atoms with Crippen molar-refractivity contribution in [2.45, 2.75) is 20.3 Å². The Kier molecular flexibility index (Phi) is 5.25. The number of rotatable bonds is 5. The van der Waals surface area contributed by atoms with Crippen LogP contribution in [0.5, 0.6) is 0 Å². The van der Waals surface area contributed by atoms with E-state index in [9.17, 15) is 4.79 Å². The van der Waals surface area contributed by atoms with E-state index in [-0.39, 0.29) is 5.91 Å². The van der Waals surface area contributed by atoms with E-state index in [1.807, 2.05) is 13.8 Å². The highest BCUT2D eigenvalue weighted by molar-refractivity contribution is 9.11. The van der Waals surface area contributed by atoms with E-state index in [0.29, 0.717) is 13.1 Å². The van der Waals surface area contributed by atoms with Crippen LogP contribution in [0.3, 0.4) is 0 Å². The second-order valence-electron chi connectivity index (χ2n) is 3.32. The second kappa shape index (κ2) is 5.40. The van der Waals surface area contributed by atoms with Gasteiger partial charge in [0.15, 0.2) is 0 Å². The quantitative estimate of drug-likeness (QED) is 0.773. The van der Waals surface area contributed by atoms with Gasteiger partial charge in [0.25, 0.3) is 0 Å². The molecule has 0 aromatic carbocycles. The fraction of sp³-hybridized carbons (Fsp3) is 0.667. The molecule has 76 valence electrons. The van der Waals surface area contributed by atoms with Crippen LogP contribution >= 0.6 is 15.9 Å². The Hall–Kier alpha value is -0.350. The summed E-state index contributed by atoms with van der Waals surface area (Å²) < 4.78 is 0.760. The Morgan fingerprint density at radius 2 is 2.23 bits per heavy atom. The van der Waals surface area contributed by atoms with Crippen molar-refractivity contribution < 1.29 is 4.79 Å².